The van der Waals surface area contributed by atoms with Gasteiger partial charge in [-0.25, -0.2) is 10.9 Å². The van der Waals surface area contributed by atoms with E-state index in [2.05, 4.69) is 21.1 Å². The van der Waals surface area contributed by atoms with E-state index in [1.807, 2.05) is 12.1 Å². The van der Waals surface area contributed by atoms with Crippen LogP contribution in [-0.4, -0.2) is 24.2 Å². The zero-order chi connectivity index (χ0) is 25.6. The summed E-state index contributed by atoms with van der Waals surface area (Å²) in [7, 11) is 0. The predicted octanol–water partition coefficient (Wildman–Crippen LogP) is 3.05. The van der Waals surface area contributed by atoms with Crippen LogP contribution in [0, 0.1) is 0 Å². The summed E-state index contributed by atoms with van der Waals surface area (Å²) >= 11 is 0. The average molecular weight is 537 g/mol. The van der Waals surface area contributed by atoms with Gasteiger partial charge in [0.1, 0.15) is 0 Å². The van der Waals surface area contributed by atoms with E-state index in [-0.39, 0.29) is 39.8 Å². The molecule has 4 aromatic carbocycles. The van der Waals surface area contributed by atoms with E-state index < -0.39 is 0 Å². The molecule has 8 nitrogen and oxygen atoms in total. The van der Waals surface area contributed by atoms with Crippen molar-refractivity contribution in [2.75, 3.05) is 0 Å². The van der Waals surface area contributed by atoms with Crippen LogP contribution < -0.4 is 21.1 Å². The summed E-state index contributed by atoms with van der Waals surface area (Å²) in [6, 6.07) is 30.4. The van der Waals surface area contributed by atoms with Crippen LogP contribution in [0.5, 0.6) is 11.5 Å². The number of hydrazone groups is 2. The summed E-state index contributed by atoms with van der Waals surface area (Å²) in [4.78, 5) is 23.2. The molecule has 4 aromatic rings. The Kier molecular flexibility index (Phi) is 11.8. The molecule has 0 fully saturated rings. The molecule has 0 aliphatic rings. The average Bonchev–Trinajstić information content (AvgIpc) is 2.92. The minimum absolute atomic E-state index is 0. The van der Waals surface area contributed by atoms with Crippen molar-refractivity contribution in [3.05, 3.63) is 131 Å². The first-order valence-electron chi connectivity index (χ1n) is 10.8. The first kappa shape index (κ1) is 28.5. The molecule has 4 rings (SSSR count). The Morgan fingerprint density at radius 1 is 0.541 bits per heavy atom. The van der Waals surface area contributed by atoms with Crippen molar-refractivity contribution in [1.29, 1.82) is 0 Å². The molecule has 0 aromatic heterocycles. The van der Waals surface area contributed by atoms with Crippen LogP contribution in [0.1, 0.15) is 31.8 Å². The fourth-order valence-electron chi connectivity index (χ4n) is 2.80. The van der Waals surface area contributed by atoms with Crippen LogP contribution in [0.25, 0.3) is 0 Å². The van der Waals surface area contributed by atoms with Crippen LogP contribution in [0.3, 0.4) is 0 Å². The van der Waals surface area contributed by atoms with Crippen molar-refractivity contribution >= 4 is 24.2 Å². The molecular weight excluding hydrogens is 515 g/mol. The van der Waals surface area contributed by atoms with Gasteiger partial charge in [-0.15, -0.1) is 0 Å². The molecule has 0 radical (unpaired) electrons. The molecule has 0 heterocycles. The molecule has 0 saturated heterocycles. The predicted molar refractivity (Wildman–Crippen MR) is 135 cm³/mol. The molecule has 2 N–H and O–H groups in total. The monoisotopic (exact) mass is 536 g/mol. The summed E-state index contributed by atoms with van der Waals surface area (Å²) in [6.45, 7) is 0. The number of rotatable bonds is 6. The van der Waals surface area contributed by atoms with E-state index in [1.165, 1.54) is 24.6 Å². The third kappa shape index (κ3) is 9.43. The standard InChI is InChI=1S/2C14H12N2O2.Ni/c2*17-13-9-5-4-8-12(13)10-15-16-14(18)11-6-2-1-3-7-11;/h2*1-10,17H,(H,16,18);/q;;+2/p-2. The third-order valence-electron chi connectivity index (χ3n) is 4.65. The number of benzene rings is 4. The van der Waals surface area contributed by atoms with Crippen LogP contribution >= 0.6 is 0 Å². The van der Waals surface area contributed by atoms with E-state index in [1.54, 1.807) is 84.9 Å². The molecule has 0 unspecified atom stereocenters. The van der Waals surface area contributed by atoms with Crippen LogP contribution in [-0.2, 0) is 16.5 Å². The van der Waals surface area contributed by atoms with Gasteiger partial charge >= 0.3 is 16.5 Å². The van der Waals surface area contributed by atoms with Gasteiger partial charge in [0, 0.05) is 11.1 Å². The van der Waals surface area contributed by atoms with Crippen molar-refractivity contribution in [3.63, 3.8) is 0 Å². The zero-order valence-electron chi connectivity index (χ0n) is 19.4. The van der Waals surface area contributed by atoms with Crippen molar-refractivity contribution in [2.24, 2.45) is 10.2 Å². The van der Waals surface area contributed by atoms with Gasteiger partial charge in [-0.2, -0.15) is 10.2 Å². The van der Waals surface area contributed by atoms with Crippen LogP contribution in [0.4, 0.5) is 0 Å². The van der Waals surface area contributed by atoms with Gasteiger partial charge in [-0.05, 0) is 35.4 Å². The van der Waals surface area contributed by atoms with Crippen LogP contribution in [0.15, 0.2) is 119 Å². The summed E-state index contributed by atoms with van der Waals surface area (Å²) in [5.74, 6) is -0.879. The molecule has 0 atom stereocenters. The largest absolute Gasteiger partial charge is 2.00 e. The summed E-state index contributed by atoms with van der Waals surface area (Å²) in [6.07, 6.45) is 2.67. The Morgan fingerprint density at radius 3 is 1.22 bits per heavy atom. The fourth-order valence-corrected chi connectivity index (χ4v) is 2.80. The Hall–Kier alpha value is -4.75. The maximum atomic E-state index is 11.6. The second kappa shape index (κ2) is 15.3. The molecule has 0 bridgehead atoms. The molecular formula is C28H22N4NiO4. The SMILES string of the molecule is O=C(NN=Cc1ccccc1[O-])c1ccccc1.O=C(NN=Cc1ccccc1[O-])c1ccccc1.[Ni+2]. The first-order chi connectivity index (χ1) is 17.5. The summed E-state index contributed by atoms with van der Waals surface area (Å²) < 4.78 is 0. The van der Waals surface area contributed by atoms with Crippen molar-refractivity contribution in [2.45, 2.75) is 0 Å². The van der Waals surface area contributed by atoms with Gasteiger partial charge in [0.25, 0.3) is 11.8 Å². The molecule has 0 aliphatic carbocycles. The number of hydrogen-bond acceptors (Lipinski definition) is 6. The molecule has 0 aliphatic heterocycles. The summed E-state index contributed by atoms with van der Waals surface area (Å²) in [5, 5.41) is 30.2. The van der Waals surface area contributed by atoms with Gasteiger partial charge < -0.3 is 10.2 Å². The Labute approximate surface area is 224 Å². The molecule has 37 heavy (non-hydrogen) atoms. The van der Waals surface area contributed by atoms with Gasteiger partial charge in [0.15, 0.2) is 0 Å². The molecule has 2 amide bonds. The van der Waals surface area contributed by atoms with Gasteiger partial charge in [0.05, 0.1) is 12.4 Å². The maximum absolute atomic E-state index is 11.6. The first-order valence-corrected chi connectivity index (χ1v) is 10.8. The number of carbonyl (C=O) groups is 2. The summed E-state index contributed by atoms with van der Waals surface area (Å²) in [5.41, 5.74) is 6.64. The molecule has 0 saturated carbocycles. The van der Waals surface area contributed by atoms with E-state index >= 15 is 0 Å². The van der Waals surface area contributed by atoms with Crippen molar-refractivity contribution in [1.82, 2.24) is 10.9 Å². The van der Waals surface area contributed by atoms with E-state index in [0.717, 1.165) is 0 Å². The quantitative estimate of drug-likeness (QED) is 0.223. The number of nitrogens with one attached hydrogen (secondary N) is 2. The number of para-hydroxylation sites is 2. The van der Waals surface area contributed by atoms with Gasteiger partial charge in [-0.1, -0.05) is 96.4 Å². The fraction of sp³-hybridized carbons (Fsp3) is 0. The Bertz CT molecular complexity index is 1240. The molecule has 188 valence electrons. The number of nitrogens with zero attached hydrogens (tertiary/aromatic N) is 2. The van der Waals surface area contributed by atoms with E-state index in [9.17, 15) is 19.8 Å². The minimum atomic E-state index is -0.310. The van der Waals surface area contributed by atoms with Crippen LogP contribution in [0.2, 0.25) is 0 Å². The third-order valence-corrected chi connectivity index (χ3v) is 4.65. The second-order valence-corrected chi connectivity index (χ2v) is 7.21. The normalized spacial score (nSPS) is 10.2. The van der Waals surface area contributed by atoms with Gasteiger partial charge in [0.2, 0.25) is 0 Å². The van der Waals surface area contributed by atoms with E-state index in [0.29, 0.717) is 22.3 Å². The van der Waals surface area contributed by atoms with Gasteiger partial charge in [-0.3, -0.25) is 9.59 Å². The zero-order valence-corrected chi connectivity index (χ0v) is 20.4. The number of amides is 2. The molecule has 0 spiro atoms. The van der Waals surface area contributed by atoms with Crippen molar-refractivity contribution < 1.29 is 36.3 Å². The second-order valence-electron chi connectivity index (χ2n) is 7.21. The number of carbonyl (C=O) groups excluding carboxylic acids is 2. The topological polar surface area (TPSA) is 129 Å². The smallest absolute Gasteiger partial charge is 0.872 e. The minimum Gasteiger partial charge on any atom is -0.872 e. The Morgan fingerprint density at radius 2 is 0.865 bits per heavy atom. The van der Waals surface area contributed by atoms with Crippen molar-refractivity contribution in [3.8, 4) is 11.5 Å². The van der Waals surface area contributed by atoms with E-state index in [4.69, 9.17) is 0 Å². The number of hydrogen-bond donors (Lipinski definition) is 2. The maximum Gasteiger partial charge on any atom is 2.00 e. The Balaban J connectivity index is 0.000000253. The molecule has 9 heteroatoms.